The molecule has 6 heteroatoms. The van der Waals surface area contributed by atoms with Gasteiger partial charge < -0.3 is 10.6 Å². The highest BCUT2D eigenvalue weighted by molar-refractivity contribution is 7.99. The summed E-state index contributed by atoms with van der Waals surface area (Å²) >= 11 is 2.01. The molecular formula is C10H17Cl2N3S. The van der Waals surface area contributed by atoms with Gasteiger partial charge >= 0.3 is 0 Å². The number of thioether (sulfide) groups is 1. The van der Waals surface area contributed by atoms with Gasteiger partial charge in [0.15, 0.2) is 0 Å². The largest absolute Gasteiger partial charge is 0.355 e. The van der Waals surface area contributed by atoms with E-state index in [1.54, 1.807) is 0 Å². The number of nitrogens with two attached hydrogens (primary N) is 1. The van der Waals surface area contributed by atoms with E-state index in [1.807, 2.05) is 24.0 Å². The fraction of sp³-hybridized carbons (Fsp3) is 0.500. The van der Waals surface area contributed by atoms with Gasteiger partial charge in [-0.3, -0.25) is 0 Å². The van der Waals surface area contributed by atoms with E-state index in [9.17, 15) is 0 Å². The minimum absolute atomic E-state index is 0. The van der Waals surface area contributed by atoms with E-state index in [-0.39, 0.29) is 24.8 Å². The highest BCUT2D eigenvalue weighted by atomic mass is 35.5. The van der Waals surface area contributed by atoms with Crippen molar-refractivity contribution in [1.82, 2.24) is 4.98 Å². The number of pyridine rings is 1. The molecule has 0 aromatic carbocycles. The third-order valence-electron chi connectivity index (χ3n) is 2.38. The Labute approximate surface area is 113 Å². The average Bonchev–Trinajstić information content (AvgIpc) is 2.30. The molecule has 0 atom stereocenters. The van der Waals surface area contributed by atoms with Crippen LogP contribution in [0.4, 0.5) is 5.82 Å². The first-order chi connectivity index (χ1) is 6.90. The molecule has 0 aliphatic carbocycles. The van der Waals surface area contributed by atoms with Crippen molar-refractivity contribution in [3.8, 4) is 0 Å². The second-order valence-electron chi connectivity index (χ2n) is 3.33. The van der Waals surface area contributed by atoms with Crippen LogP contribution in [0.3, 0.4) is 0 Å². The monoisotopic (exact) mass is 281 g/mol. The highest BCUT2D eigenvalue weighted by Crippen LogP contribution is 2.17. The van der Waals surface area contributed by atoms with Gasteiger partial charge in [0.1, 0.15) is 5.82 Å². The molecule has 0 spiro atoms. The van der Waals surface area contributed by atoms with Gasteiger partial charge in [-0.1, -0.05) is 0 Å². The molecule has 3 nitrogen and oxygen atoms in total. The van der Waals surface area contributed by atoms with E-state index in [2.05, 4.69) is 16.0 Å². The molecule has 2 N–H and O–H groups in total. The van der Waals surface area contributed by atoms with Crippen LogP contribution in [0.15, 0.2) is 18.3 Å². The van der Waals surface area contributed by atoms with Gasteiger partial charge in [0.25, 0.3) is 0 Å². The zero-order valence-electron chi connectivity index (χ0n) is 8.96. The van der Waals surface area contributed by atoms with Crippen LogP contribution in [0.2, 0.25) is 0 Å². The van der Waals surface area contributed by atoms with Crippen LogP contribution in [-0.2, 0) is 6.54 Å². The molecule has 16 heavy (non-hydrogen) atoms. The van der Waals surface area contributed by atoms with Gasteiger partial charge in [-0.25, -0.2) is 4.98 Å². The van der Waals surface area contributed by atoms with Crippen LogP contribution in [0.25, 0.3) is 0 Å². The van der Waals surface area contributed by atoms with Crippen molar-refractivity contribution in [3.05, 3.63) is 23.9 Å². The van der Waals surface area contributed by atoms with Crippen molar-refractivity contribution in [2.75, 3.05) is 29.5 Å². The number of anilines is 1. The lowest BCUT2D eigenvalue weighted by Gasteiger charge is -2.27. The van der Waals surface area contributed by atoms with E-state index in [1.165, 1.54) is 11.5 Å². The molecular weight excluding hydrogens is 265 g/mol. The second-order valence-corrected chi connectivity index (χ2v) is 4.55. The lowest BCUT2D eigenvalue weighted by atomic mass is 10.2. The summed E-state index contributed by atoms with van der Waals surface area (Å²) in [4.78, 5) is 6.70. The maximum atomic E-state index is 5.60. The minimum Gasteiger partial charge on any atom is -0.355 e. The third kappa shape index (κ3) is 4.01. The summed E-state index contributed by atoms with van der Waals surface area (Å²) < 4.78 is 0. The summed E-state index contributed by atoms with van der Waals surface area (Å²) in [7, 11) is 0. The highest BCUT2D eigenvalue weighted by Gasteiger charge is 2.11. The Hall–Kier alpha value is -0.160. The number of hydrogen-bond donors (Lipinski definition) is 1. The van der Waals surface area contributed by atoms with Crippen molar-refractivity contribution in [1.29, 1.82) is 0 Å². The topological polar surface area (TPSA) is 42.1 Å². The molecule has 0 amide bonds. The van der Waals surface area contributed by atoms with Crippen LogP contribution >= 0.6 is 36.6 Å². The third-order valence-corrected chi connectivity index (χ3v) is 3.32. The first kappa shape index (κ1) is 15.8. The maximum Gasteiger partial charge on any atom is 0.128 e. The Kier molecular flexibility index (Phi) is 7.93. The molecule has 1 fully saturated rings. The average molecular weight is 282 g/mol. The first-order valence-corrected chi connectivity index (χ1v) is 6.03. The van der Waals surface area contributed by atoms with Crippen LogP contribution in [0.1, 0.15) is 5.56 Å². The number of halogens is 2. The smallest absolute Gasteiger partial charge is 0.128 e. The van der Waals surface area contributed by atoms with Crippen molar-refractivity contribution in [2.45, 2.75) is 6.54 Å². The molecule has 0 unspecified atom stereocenters. The molecule has 1 aliphatic rings. The quantitative estimate of drug-likeness (QED) is 0.900. The normalized spacial score (nSPS) is 14.9. The number of rotatable bonds is 2. The van der Waals surface area contributed by atoms with Crippen molar-refractivity contribution in [2.24, 2.45) is 5.73 Å². The van der Waals surface area contributed by atoms with Crippen LogP contribution in [0, 0.1) is 0 Å². The maximum absolute atomic E-state index is 5.60. The summed E-state index contributed by atoms with van der Waals surface area (Å²) in [6.07, 6.45) is 1.85. The lowest BCUT2D eigenvalue weighted by molar-refractivity contribution is 0.836. The van der Waals surface area contributed by atoms with Gasteiger partial charge in [-0.2, -0.15) is 11.8 Å². The number of nitrogens with zero attached hydrogens (tertiary/aromatic N) is 2. The van der Waals surface area contributed by atoms with E-state index < -0.39 is 0 Å². The summed E-state index contributed by atoms with van der Waals surface area (Å²) in [6, 6.07) is 4.07. The zero-order chi connectivity index (χ0) is 9.80. The Morgan fingerprint density at radius 2 is 2.00 bits per heavy atom. The van der Waals surface area contributed by atoms with E-state index in [4.69, 9.17) is 5.73 Å². The van der Waals surface area contributed by atoms with Crippen molar-refractivity contribution < 1.29 is 0 Å². The van der Waals surface area contributed by atoms with Crippen molar-refractivity contribution in [3.63, 3.8) is 0 Å². The van der Waals surface area contributed by atoms with Crippen LogP contribution < -0.4 is 10.6 Å². The van der Waals surface area contributed by atoms with Gasteiger partial charge in [-0.15, -0.1) is 24.8 Å². The summed E-state index contributed by atoms with van der Waals surface area (Å²) in [6.45, 7) is 2.80. The fourth-order valence-electron chi connectivity index (χ4n) is 1.55. The molecule has 0 saturated carbocycles. The molecule has 2 heterocycles. The van der Waals surface area contributed by atoms with Gasteiger partial charge in [0.05, 0.1) is 0 Å². The Morgan fingerprint density at radius 3 is 2.62 bits per heavy atom. The summed E-state index contributed by atoms with van der Waals surface area (Å²) in [5.41, 5.74) is 6.76. The molecule has 0 bridgehead atoms. The van der Waals surface area contributed by atoms with Gasteiger partial charge in [0.2, 0.25) is 0 Å². The van der Waals surface area contributed by atoms with Gasteiger partial charge in [0, 0.05) is 37.3 Å². The summed E-state index contributed by atoms with van der Waals surface area (Å²) in [5, 5.41) is 0. The molecule has 1 aromatic heterocycles. The number of aromatic nitrogens is 1. The van der Waals surface area contributed by atoms with Gasteiger partial charge in [-0.05, 0) is 17.7 Å². The van der Waals surface area contributed by atoms with E-state index in [0.717, 1.165) is 24.5 Å². The minimum atomic E-state index is 0. The van der Waals surface area contributed by atoms with E-state index in [0.29, 0.717) is 6.54 Å². The van der Waals surface area contributed by atoms with Crippen LogP contribution in [-0.4, -0.2) is 29.6 Å². The molecule has 92 valence electrons. The SMILES string of the molecule is Cl.Cl.NCc1ccnc(N2CCSCC2)c1. The summed E-state index contributed by atoms with van der Waals surface area (Å²) in [5.74, 6) is 3.48. The molecule has 1 aromatic rings. The lowest BCUT2D eigenvalue weighted by Crippen LogP contribution is -2.33. The first-order valence-electron chi connectivity index (χ1n) is 4.88. The predicted molar refractivity (Wildman–Crippen MR) is 76.2 cm³/mol. The standard InChI is InChI=1S/C10H15N3S.2ClH/c11-8-9-1-2-12-10(7-9)13-3-5-14-6-4-13;;/h1-2,7H,3-6,8,11H2;2*1H. The van der Waals surface area contributed by atoms with Crippen LogP contribution in [0.5, 0.6) is 0 Å². The Bertz CT molecular complexity index is 306. The molecule has 1 saturated heterocycles. The Balaban J connectivity index is 0.00000112. The molecule has 1 aliphatic heterocycles. The van der Waals surface area contributed by atoms with E-state index >= 15 is 0 Å². The Morgan fingerprint density at radius 1 is 1.31 bits per heavy atom. The zero-order valence-corrected chi connectivity index (χ0v) is 11.4. The molecule has 0 radical (unpaired) electrons. The second kappa shape index (κ2) is 8.01. The van der Waals surface area contributed by atoms with Crippen molar-refractivity contribution >= 4 is 42.4 Å². The fourth-order valence-corrected chi connectivity index (χ4v) is 2.46. The predicted octanol–water partition coefficient (Wildman–Crippen LogP) is 1.94. The number of hydrogen-bond acceptors (Lipinski definition) is 4. The molecule has 2 rings (SSSR count).